The van der Waals surface area contributed by atoms with Crippen molar-refractivity contribution >= 4 is 5.91 Å². The quantitative estimate of drug-likeness (QED) is 0.196. The van der Waals surface area contributed by atoms with Crippen LogP contribution < -0.4 is 20.5 Å². The molecular weight excluding hydrogens is 580 g/mol. The van der Waals surface area contributed by atoms with Crippen LogP contribution in [0, 0.1) is 24.5 Å². The first-order valence-electron chi connectivity index (χ1n) is 14.8. The molecule has 236 valence electrons. The van der Waals surface area contributed by atoms with E-state index in [2.05, 4.69) is 10.3 Å². The van der Waals surface area contributed by atoms with Crippen LogP contribution in [0.5, 0.6) is 11.6 Å². The summed E-state index contributed by atoms with van der Waals surface area (Å²) in [5.41, 5.74) is 10.3. The molecule has 4 aromatic rings. The molecule has 5 rings (SSSR count). The van der Waals surface area contributed by atoms with E-state index in [1.54, 1.807) is 44.5 Å². The molecular formula is C35H37F2N3O5. The molecule has 0 bridgehead atoms. The van der Waals surface area contributed by atoms with Crippen LogP contribution in [0.2, 0.25) is 0 Å². The number of benzene rings is 3. The molecule has 3 aromatic carbocycles. The molecule has 0 saturated heterocycles. The number of ether oxygens (including phenoxy) is 2. The fourth-order valence-electron chi connectivity index (χ4n) is 5.69. The molecule has 2 heterocycles. The van der Waals surface area contributed by atoms with E-state index in [0.717, 1.165) is 16.7 Å². The summed E-state index contributed by atoms with van der Waals surface area (Å²) in [6, 6.07) is 18.4. The number of rotatable bonds is 11. The number of carbonyl (C=O) groups is 1. The van der Waals surface area contributed by atoms with E-state index >= 15 is 0 Å². The lowest BCUT2D eigenvalue weighted by Gasteiger charge is -2.33. The van der Waals surface area contributed by atoms with Crippen LogP contribution in [0.1, 0.15) is 34.7 Å². The van der Waals surface area contributed by atoms with Gasteiger partial charge in [-0.05, 0) is 72.7 Å². The number of nitrogens with two attached hydrogens (primary N) is 1. The van der Waals surface area contributed by atoms with Crippen LogP contribution in [0.4, 0.5) is 8.78 Å². The third-order valence-corrected chi connectivity index (χ3v) is 8.20. The highest BCUT2D eigenvalue weighted by Gasteiger charge is 2.35. The molecule has 1 aliphatic rings. The van der Waals surface area contributed by atoms with Gasteiger partial charge in [-0.25, -0.2) is 13.8 Å². The summed E-state index contributed by atoms with van der Waals surface area (Å²) in [5.74, 6) is -1.51. The highest BCUT2D eigenvalue weighted by Crippen LogP contribution is 2.36. The molecule has 5 atom stereocenters. The molecule has 5 N–H and O–H groups in total. The van der Waals surface area contributed by atoms with Crippen LogP contribution in [-0.2, 0) is 17.6 Å². The predicted molar refractivity (Wildman–Crippen MR) is 166 cm³/mol. The zero-order valence-corrected chi connectivity index (χ0v) is 25.1. The van der Waals surface area contributed by atoms with Crippen molar-refractivity contribution in [3.05, 3.63) is 113 Å². The van der Waals surface area contributed by atoms with Gasteiger partial charge in [-0.2, -0.15) is 0 Å². The maximum absolute atomic E-state index is 14.7. The van der Waals surface area contributed by atoms with Gasteiger partial charge in [0, 0.05) is 35.3 Å². The van der Waals surface area contributed by atoms with Crippen molar-refractivity contribution in [1.82, 2.24) is 10.3 Å². The van der Waals surface area contributed by atoms with Crippen molar-refractivity contribution in [3.63, 3.8) is 0 Å². The largest absolute Gasteiger partial charge is 0.490 e. The number of aliphatic hydroxyl groups excluding tert-OH is 2. The van der Waals surface area contributed by atoms with Gasteiger partial charge in [0.15, 0.2) is 0 Å². The maximum atomic E-state index is 14.7. The Bertz CT molecular complexity index is 1620. The Hall–Kier alpha value is -4.38. The first kappa shape index (κ1) is 32.0. The van der Waals surface area contributed by atoms with Crippen molar-refractivity contribution in [2.75, 3.05) is 13.7 Å². The molecule has 45 heavy (non-hydrogen) atoms. The Labute approximate surface area is 260 Å². The lowest BCUT2D eigenvalue weighted by molar-refractivity contribution is -0.128. The zero-order chi connectivity index (χ0) is 32.1. The Morgan fingerprint density at radius 3 is 2.51 bits per heavy atom. The van der Waals surface area contributed by atoms with Gasteiger partial charge < -0.3 is 30.7 Å². The van der Waals surface area contributed by atoms with Crippen LogP contribution in [0.15, 0.2) is 79.0 Å². The third kappa shape index (κ3) is 7.65. The van der Waals surface area contributed by atoms with Crippen LogP contribution in [0.25, 0.3) is 11.1 Å². The number of nitrogens with one attached hydrogen (secondary N) is 1. The number of nitrogens with zero attached hydrogens (tertiary/aromatic N) is 1. The van der Waals surface area contributed by atoms with Crippen LogP contribution in [-0.4, -0.2) is 53.1 Å². The number of aromatic nitrogens is 1. The topological polar surface area (TPSA) is 127 Å². The van der Waals surface area contributed by atoms with E-state index in [1.165, 1.54) is 18.2 Å². The summed E-state index contributed by atoms with van der Waals surface area (Å²) in [6.07, 6.45) is -0.266. The van der Waals surface area contributed by atoms with Crippen LogP contribution in [0.3, 0.4) is 0 Å². The van der Waals surface area contributed by atoms with Crippen molar-refractivity contribution in [1.29, 1.82) is 0 Å². The first-order chi connectivity index (χ1) is 21.6. The van der Waals surface area contributed by atoms with Gasteiger partial charge in [0.2, 0.25) is 11.8 Å². The van der Waals surface area contributed by atoms with Crippen molar-refractivity contribution in [2.45, 2.75) is 50.5 Å². The highest BCUT2D eigenvalue weighted by molar-refractivity contribution is 5.80. The second kappa shape index (κ2) is 14.2. The third-order valence-electron chi connectivity index (χ3n) is 8.20. The Kier molecular flexibility index (Phi) is 10.1. The number of methoxy groups -OCH3 is 1. The molecule has 0 fully saturated rings. The summed E-state index contributed by atoms with van der Waals surface area (Å²) in [5, 5.41) is 24.7. The molecule has 1 amide bonds. The fraction of sp³-hybridized carbons (Fsp3) is 0.314. The standard InChI is InChI=1S/C35H37F2N3O5/c1-20-13-26(36)17-27-33(31(42)19-45-34(20)27)40-35(43)25(15-23-5-3-4-6-28(23)37)16-30(41)29(38)14-21-7-9-22(10-8-21)24-11-12-32(44-2)39-18-24/h3-13,17-18,25,29-31,33,41-42H,14-16,19,38H2,1-2H3,(H,40,43)/t25-,29+,30+,31-,33+/m1/s1. The number of fused-ring (bicyclic) bond motifs is 1. The molecule has 0 unspecified atom stereocenters. The van der Waals surface area contributed by atoms with Crippen molar-refractivity contribution in [2.24, 2.45) is 11.7 Å². The number of hydrogen-bond acceptors (Lipinski definition) is 7. The van der Waals surface area contributed by atoms with Gasteiger partial charge in [0.25, 0.3) is 0 Å². The Morgan fingerprint density at radius 1 is 1.09 bits per heavy atom. The molecule has 1 aliphatic heterocycles. The van der Waals surface area contributed by atoms with Crippen LogP contribution >= 0.6 is 0 Å². The van der Waals surface area contributed by atoms with E-state index < -0.39 is 47.8 Å². The van der Waals surface area contributed by atoms with E-state index in [9.17, 15) is 23.8 Å². The molecule has 0 saturated carbocycles. The number of amides is 1. The number of halogens is 2. The summed E-state index contributed by atoms with van der Waals surface area (Å²) in [6.45, 7) is 1.59. The van der Waals surface area contributed by atoms with Gasteiger partial charge in [0.05, 0.1) is 19.3 Å². The van der Waals surface area contributed by atoms with Crippen molar-refractivity contribution < 1.29 is 33.3 Å². The molecule has 0 spiro atoms. The first-order valence-corrected chi connectivity index (χ1v) is 14.8. The number of hydrogen-bond donors (Lipinski definition) is 4. The Balaban J connectivity index is 1.30. The van der Waals surface area contributed by atoms with Gasteiger partial charge in [-0.1, -0.05) is 42.5 Å². The minimum atomic E-state index is -1.14. The minimum Gasteiger partial charge on any atom is -0.490 e. The van der Waals surface area contributed by atoms with Gasteiger partial charge in [0.1, 0.15) is 30.1 Å². The normalized spacial score (nSPS) is 17.8. The number of pyridine rings is 1. The monoisotopic (exact) mass is 617 g/mol. The average molecular weight is 618 g/mol. The zero-order valence-electron chi connectivity index (χ0n) is 25.1. The summed E-state index contributed by atoms with van der Waals surface area (Å²) in [4.78, 5) is 18.0. The number of carbonyl (C=O) groups excluding carboxylic acids is 1. The SMILES string of the molecule is COc1ccc(-c2ccc(C[C@H](N)[C@@H](O)C[C@@H](Cc3ccccc3F)C(=O)N[C@H]3c4cc(F)cc(C)c4OC[C@H]3O)cc2)cn1. The molecule has 0 aliphatic carbocycles. The lowest BCUT2D eigenvalue weighted by Crippen LogP contribution is -2.46. The summed E-state index contributed by atoms with van der Waals surface area (Å²) in [7, 11) is 1.56. The smallest absolute Gasteiger partial charge is 0.224 e. The van der Waals surface area contributed by atoms with E-state index in [-0.39, 0.29) is 19.4 Å². The molecule has 10 heteroatoms. The number of aliphatic hydroxyl groups is 2. The fourth-order valence-corrected chi connectivity index (χ4v) is 5.69. The molecule has 0 radical (unpaired) electrons. The van der Waals surface area contributed by atoms with E-state index in [4.69, 9.17) is 15.2 Å². The molecule has 8 nitrogen and oxygen atoms in total. The molecule has 1 aromatic heterocycles. The minimum absolute atomic E-state index is 0.0127. The second-order valence-corrected chi connectivity index (χ2v) is 11.5. The van der Waals surface area contributed by atoms with Gasteiger partial charge >= 0.3 is 0 Å². The Morgan fingerprint density at radius 2 is 1.82 bits per heavy atom. The maximum Gasteiger partial charge on any atom is 0.224 e. The average Bonchev–Trinajstić information content (AvgIpc) is 3.03. The van der Waals surface area contributed by atoms with Gasteiger partial charge in [-0.3, -0.25) is 4.79 Å². The highest BCUT2D eigenvalue weighted by atomic mass is 19.1. The second-order valence-electron chi connectivity index (χ2n) is 11.5. The predicted octanol–water partition coefficient (Wildman–Crippen LogP) is 4.43. The lowest BCUT2D eigenvalue weighted by atomic mass is 9.87. The summed E-state index contributed by atoms with van der Waals surface area (Å²) >= 11 is 0. The van der Waals surface area contributed by atoms with E-state index in [1.807, 2.05) is 30.3 Å². The van der Waals surface area contributed by atoms with Crippen molar-refractivity contribution in [3.8, 4) is 22.8 Å². The van der Waals surface area contributed by atoms with E-state index in [0.29, 0.717) is 34.7 Å². The van der Waals surface area contributed by atoms with Gasteiger partial charge in [-0.15, -0.1) is 0 Å². The number of aryl methyl sites for hydroxylation is 1. The summed E-state index contributed by atoms with van der Waals surface area (Å²) < 4.78 is 39.7.